The molecule has 0 fully saturated rings. The third kappa shape index (κ3) is 4.46. The Bertz CT molecular complexity index is 717. The Balaban J connectivity index is 1.97. The molecule has 2 N–H and O–H groups in total. The fourth-order valence-electron chi connectivity index (χ4n) is 1.82. The molecule has 0 aliphatic carbocycles. The van der Waals surface area contributed by atoms with E-state index in [9.17, 15) is 4.79 Å². The first-order chi connectivity index (χ1) is 10.7. The molecule has 0 atom stereocenters. The molecule has 1 aromatic heterocycles. The van der Waals surface area contributed by atoms with E-state index in [1.54, 1.807) is 18.5 Å². The van der Waals surface area contributed by atoms with Crippen molar-refractivity contribution >= 4 is 11.6 Å². The first kappa shape index (κ1) is 15.3. The van der Waals surface area contributed by atoms with Crippen molar-refractivity contribution in [2.45, 2.75) is 13.5 Å². The molecule has 0 saturated heterocycles. The lowest BCUT2D eigenvalue weighted by Gasteiger charge is -2.05. The lowest BCUT2D eigenvalue weighted by molar-refractivity contribution is -0.117. The third-order valence-corrected chi connectivity index (χ3v) is 2.94. The summed E-state index contributed by atoms with van der Waals surface area (Å²) in [6.07, 6.45) is 4.74. The summed E-state index contributed by atoms with van der Waals surface area (Å²) in [6.45, 7) is 2.30. The molecular formula is C17H16N4O. The summed E-state index contributed by atoms with van der Waals surface area (Å²) >= 11 is 0. The second kappa shape index (κ2) is 7.60. The molecule has 0 aliphatic rings. The van der Waals surface area contributed by atoms with Crippen LogP contribution in [0.15, 0.2) is 60.6 Å². The van der Waals surface area contributed by atoms with Crippen molar-refractivity contribution in [3.05, 3.63) is 71.7 Å². The number of hydrogen-bond donors (Lipinski definition) is 2. The number of nitriles is 1. The maximum absolute atomic E-state index is 12.0. The summed E-state index contributed by atoms with van der Waals surface area (Å²) in [4.78, 5) is 15.9. The average molecular weight is 292 g/mol. The van der Waals surface area contributed by atoms with Crippen LogP contribution >= 0.6 is 0 Å². The Morgan fingerprint density at radius 1 is 1.36 bits per heavy atom. The minimum absolute atomic E-state index is 0.0189. The van der Waals surface area contributed by atoms with Crippen molar-refractivity contribution in [3.8, 4) is 6.07 Å². The summed E-state index contributed by atoms with van der Waals surface area (Å²) in [6, 6.07) is 13.2. The van der Waals surface area contributed by atoms with Crippen molar-refractivity contribution in [2.24, 2.45) is 0 Å². The van der Waals surface area contributed by atoms with Crippen LogP contribution in [-0.2, 0) is 11.3 Å². The fourth-order valence-corrected chi connectivity index (χ4v) is 1.82. The molecule has 110 valence electrons. The van der Waals surface area contributed by atoms with E-state index in [0.29, 0.717) is 6.54 Å². The predicted molar refractivity (Wildman–Crippen MR) is 84.6 cm³/mol. The maximum Gasteiger partial charge on any atom is 0.263 e. The quantitative estimate of drug-likeness (QED) is 0.655. The van der Waals surface area contributed by atoms with E-state index < -0.39 is 5.91 Å². The SMILES string of the molecule is Cc1cccc(N/C=C(/C#N)C(=O)NCc2cccnc2)c1. The fraction of sp³-hybridized carbons (Fsp3) is 0.118. The summed E-state index contributed by atoms with van der Waals surface area (Å²) in [7, 11) is 0. The van der Waals surface area contributed by atoms with Crippen molar-refractivity contribution in [1.82, 2.24) is 10.3 Å². The van der Waals surface area contributed by atoms with Gasteiger partial charge < -0.3 is 10.6 Å². The van der Waals surface area contributed by atoms with E-state index in [0.717, 1.165) is 16.8 Å². The third-order valence-electron chi connectivity index (χ3n) is 2.94. The number of benzene rings is 1. The number of carbonyl (C=O) groups is 1. The molecule has 5 heteroatoms. The zero-order chi connectivity index (χ0) is 15.8. The molecule has 0 unspecified atom stereocenters. The number of carbonyl (C=O) groups excluding carboxylic acids is 1. The van der Waals surface area contributed by atoms with Gasteiger partial charge in [0.15, 0.2) is 0 Å². The van der Waals surface area contributed by atoms with E-state index in [-0.39, 0.29) is 5.57 Å². The Kier molecular flexibility index (Phi) is 5.27. The van der Waals surface area contributed by atoms with Crippen LogP contribution in [0.1, 0.15) is 11.1 Å². The molecular weight excluding hydrogens is 276 g/mol. The molecule has 0 aliphatic heterocycles. The van der Waals surface area contributed by atoms with Crippen LogP contribution in [0.2, 0.25) is 0 Å². The van der Waals surface area contributed by atoms with Crippen LogP contribution in [0.4, 0.5) is 5.69 Å². The highest BCUT2D eigenvalue weighted by atomic mass is 16.1. The van der Waals surface area contributed by atoms with Gasteiger partial charge in [0.1, 0.15) is 11.6 Å². The van der Waals surface area contributed by atoms with Gasteiger partial charge in [0, 0.05) is 30.8 Å². The topological polar surface area (TPSA) is 77.8 Å². The maximum atomic E-state index is 12.0. The van der Waals surface area contributed by atoms with Crippen molar-refractivity contribution < 1.29 is 4.79 Å². The van der Waals surface area contributed by atoms with E-state index >= 15 is 0 Å². The molecule has 0 spiro atoms. The first-order valence-corrected chi connectivity index (χ1v) is 6.79. The normalized spacial score (nSPS) is 10.6. The number of hydrogen-bond acceptors (Lipinski definition) is 4. The Labute approximate surface area is 129 Å². The molecule has 1 heterocycles. The number of rotatable bonds is 5. The van der Waals surface area contributed by atoms with Gasteiger partial charge >= 0.3 is 0 Å². The highest BCUT2D eigenvalue weighted by Crippen LogP contribution is 2.10. The Hall–Kier alpha value is -3.13. The largest absolute Gasteiger partial charge is 0.360 e. The number of aromatic nitrogens is 1. The second-order valence-electron chi connectivity index (χ2n) is 4.73. The Morgan fingerprint density at radius 2 is 2.23 bits per heavy atom. The van der Waals surface area contributed by atoms with E-state index in [4.69, 9.17) is 5.26 Å². The standard InChI is InChI=1S/C17H16N4O/c1-13-4-2-6-16(8-13)20-12-15(9-18)17(22)21-11-14-5-3-7-19-10-14/h2-8,10,12,20H,11H2,1H3,(H,21,22)/b15-12-. The first-order valence-electron chi connectivity index (χ1n) is 6.79. The summed E-state index contributed by atoms with van der Waals surface area (Å²) in [5.74, 6) is -0.425. The lowest BCUT2D eigenvalue weighted by atomic mass is 10.2. The second-order valence-corrected chi connectivity index (χ2v) is 4.73. The highest BCUT2D eigenvalue weighted by Gasteiger charge is 2.08. The number of pyridine rings is 1. The van der Waals surface area contributed by atoms with Gasteiger partial charge in [-0.05, 0) is 36.2 Å². The highest BCUT2D eigenvalue weighted by molar-refractivity contribution is 5.97. The van der Waals surface area contributed by atoms with Gasteiger partial charge in [0.25, 0.3) is 5.91 Å². The zero-order valence-corrected chi connectivity index (χ0v) is 12.2. The van der Waals surface area contributed by atoms with Gasteiger partial charge in [-0.25, -0.2) is 0 Å². The summed E-state index contributed by atoms with van der Waals surface area (Å²) < 4.78 is 0. The molecule has 1 amide bonds. The number of aryl methyl sites for hydroxylation is 1. The van der Waals surface area contributed by atoms with Crippen LogP contribution in [-0.4, -0.2) is 10.9 Å². The number of nitrogens with zero attached hydrogens (tertiary/aromatic N) is 2. The number of anilines is 1. The van der Waals surface area contributed by atoms with E-state index in [1.165, 1.54) is 6.20 Å². The van der Waals surface area contributed by atoms with Gasteiger partial charge in [-0.15, -0.1) is 0 Å². The molecule has 0 radical (unpaired) electrons. The van der Waals surface area contributed by atoms with Gasteiger partial charge in [-0.3, -0.25) is 9.78 Å². The molecule has 0 bridgehead atoms. The zero-order valence-electron chi connectivity index (χ0n) is 12.2. The molecule has 0 saturated carbocycles. The van der Waals surface area contributed by atoms with Crippen molar-refractivity contribution in [2.75, 3.05) is 5.32 Å². The minimum Gasteiger partial charge on any atom is -0.360 e. The summed E-state index contributed by atoms with van der Waals surface area (Å²) in [5, 5.41) is 14.7. The van der Waals surface area contributed by atoms with Crippen LogP contribution in [0, 0.1) is 18.3 Å². The summed E-state index contributed by atoms with van der Waals surface area (Å²) in [5.41, 5.74) is 2.82. The smallest absolute Gasteiger partial charge is 0.263 e. The van der Waals surface area contributed by atoms with Crippen molar-refractivity contribution in [1.29, 1.82) is 5.26 Å². The minimum atomic E-state index is -0.425. The van der Waals surface area contributed by atoms with Gasteiger partial charge in [-0.1, -0.05) is 18.2 Å². The molecule has 2 aromatic rings. The van der Waals surface area contributed by atoms with Crippen LogP contribution in [0.25, 0.3) is 0 Å². The van der Waals surface area contributed by atoms with E-state index in [1.807, 2.05) is 43.3 Å². The molecule has 1 aromatic carbocycles. The van der Waals surface area contributed by atoms with Crippen molar-refractivity contribution in [3.63, 3.8) is 0 Å². The van der Waals surface area contributed by atoms with E-state index in [2.05, 4.69) is 15.6 Å². The van der Waals surface area contributed by atoms with Gasteiger partial charge in [0.2, 0.25) is 0 Å². The van der Waals surface area contributed by atoms with Crippen LogP contribution in [0.5, 0.6) is 0 Å². The van der Waals surface area contributed by atoms with Crippen LogP contribution < -0.4 is 10.6 Å². The van der Waals surface area contributed by atoms with Crippen LogP contribution in [0.3, 0.4) is 0 Å². The predicted octanol–water partition coefficient (Wildman–Crippen LogP) is 2.53. The number of nitrogens with one attached hydrogen (secondary N) is 2. The molecule has 5 nitrogen and oxygen atoms in total. The number of amides is 1. The Morgan fingerprint density at radius 3 is 2.91 bits per heavy atom. The lowest BCUT2D eigenvalue weighted by Crippen LogP contribution is -2.24. The van der Waals surface area contributed by atoms with Gasteiger partial charge in [0.05, 0.1) is 0 Å². The molecule has 2 rings (SSSR count). The van der Waals surface area contributed by atoms with Gasteiger partial charge in [-0.2, -0.15) is 5.26 Å². The average Bonchev–Trinajstić information content (AvgIpc) is 2.54. The molecule has 22 heavy (non-hydrogen) atoms. The monoisotopic (exact) mass is 292 g/mol.